The van der Waals surface area contributed by atoms with Crippen LogP contribution in [-0.4, -0.2) is 0 Å². The minimum absolute atomic E-state index is 1.30. The average molecular weight is 521 g/mol. The van der Waals surface area contributed by atoms with E-state index in [1.807, 2.05) is 0 Å². The Hall–Kier alpha value is -4.16. The van der Waals surface area contributed by atoms with Gasteiger partial charge in [0, 0.05) is 0 Å². The molecule has 0 bridgehead atoms. The zero-order valence-corrected chi connectivity index (χ0v) is 25.2. The van der Waals surface area contributed by atoms with Crippen LogP contribution in [-0.2, 0) is 0 Å². The summed E-state index contributed by atoms with van der Waals surface area (Å²) in [6, 6.07) is 35.4. The van der Waals surface area contributed by atoms with Gasteiger partial charge in [-0.25, -0.2) is 0 Å². The Balaban J connectivity index is 0.000000165. The van der Waals surface area contributed by atoms with E-state index in [2.05, 4.69) is 152 Å². The maximum absolute atomic E-state index is 2.28. The predicted octanol–water partition coefficient (Wildman–Crippen LogP) is 11.5. The smallest absolute Gasteiger partial charge is 0.00672 e. The second-order valence-electron chi connectivity index (χ2n) is 11.5. The summed E-state index contributed by atoms with van der Waals surface area (Å²) < 4.78 is 0. The monoisotopic (exact) mass is 520 g/mol. The number of fused-ring (bicyclic) bond motifs is 2. The van der Waals surface area contributed by atoms with E-state index in [1.165, 1.54) is 88.3 Å². The van der Waals surface area contributed by atoms with Crippen molar-refractivity contribution in [3.63, 3.8) is 0 Å². The van der Waals surface area contributed by atoms with Gasteiger partial charge in [-0.1, -0.05) is 108 Å². The normalized spacial score (nSPS) is 11.0. The maximum atomic E-state index is 2.28. The Morgan fingerprint density at radius 1 is 0.300 bits per heavy atom. The van der Waals surface area contributed by atoms with Gasteiger partial charge in [0.15, 0.2) is 0 Å². The third-order valence-corrected chi connectivity index (χ3v) is 8.13. The molecule has 0 nitrogen and oxygen atoms in total. The van der Waals surface area contributed by atoms with Gasteiger partial charge in [-0.2, -0.15) is 0 Å². The van der Waals surface area contributed by atoms with Gasteiger partial charge in [0.25, 0.3) is 0 Å². The van der Waals surface area contributed by atoms with Gasteiger partial charge in [-0.3, -0.25) is 0 Å². The van der Waals surface area contributed by atoms with Crippen molar-refractivity contribution in [1.82, 2.24) is 0 Å². The van der Waals surface area contributed by atoms with Gasteiger partial charge >= 0.3 is 0 Å². The number of rotatable bonds is 2. The third-order valence-electron chi connectivity index (χ3n) is 8.13. The molecule has 0 heterocycles. The van der Waals surface area contributed by atoms with Crippen molar-refractivity contribution in [3.8, 4) is 22.3 Å². The molecular formula is C40H40. The van der Waals surface area contributed by atoms with E-state index >= 15 is 0 Å². The minimum Gasteiger partial charge on any atom is -0.0616 e. The average Bonchev–Trinajstić information content (AvgIpc) is 2.90. The SMILES string of the molecule is Cc1cc(C)c(-c2c(C)cc(C)cc2C)c(C)c1.Cc1ccc2ccccc2c1-c1c(C)ccc2ccccc12. The topological polar surface area (TPSA) is 0 Å². The molecular weight excluding hydrogens is 480 g/mol. The molecule has 0 aliphatic rings. The molecule has 0 unspecified atom stereocenters. The molecule has 0 saturated carbocycles. The first-order chi connectivity index (χ1) is 19.2. The predicted molar refractivity (Wildman–Crippen MR) is 177 cm³/mol. The van der Waals surface area contributed by atoms with E-state index in [0.717, 1.165) is 0 Å². The number of aryl methyl sites for hydroxylation is 8. The van der Waals surface area contributed by atoms with Crippen molar-refractivity contribution in [2.75, 3.05) is 0 Å². The highest BCUT2D eigenvalue weighted by molar-refractivity contribution is 6.07. The van der Waals surface area contributed by atoms with Crippen molar-refractivity contribution < 1.29 is 0 Å². The lowest BCUT2D eigenvalue weighted by Crippen LogP contribution is -1.96. The molecule has 0 atom stereocenters. The zero-order valence-electron chi connectivity index (χ0n) is 25.2. The van der Waals surface area contributed by atoms with Crippen LogP contribution in [0.4, 0.5) is 0 Å². The first-order valence-corrected chi connectivity index (χ1v) is 14.3. The summed E-state index contributed by atoms with van der Waals surface area (Å²) in [5.74, 6) is 0. The highest BCUT2D eigenvalue weighted by Gasteiger charge is 2.14. The second-order valence-corrected chi connectivity index (χ2v) is 11.5. The Labute approximate surface area is 240 Å². The molecule has 6 rings (SSSR count). The van der Waals surface area contributed by atoms with Gasteiger partial charge in [0.05, 0.1) is 0 Å². The highest BCUT2D eigenvalue weighted by Crippen LogP contribution is 2.38. The number of benzene rings is 6. The van der Waals surface area contributed by atoms with Crippen LogP contribution in [0.2, 0.25) is 0 Å². The molecule has 0 amide bonds. The van der Waals surface area contributed by atoms with Crippen LogP contribution in [0.3, 0.4) is 0 Å². The Morgan fingerprint density at radius 2 is 0.625 bits per heavy atom. The van der Waals surface area contributed by atoms with Gasteiger partial charge in [-0.15, -0.1) is 0 Å². The Morgan fingerprint density at radius 3 is 0.975 bits per heavy atom. The van der Waals surface area contributed by atoms with Crippen molar-refractivity contribution in [2.45, 2.75) is 55.4 Å². The summed E-state index contributed by atoms with van der Waals surface area (Å²) in [4.78, 5) is 0. The van der Waals surface area contributed by atoms with Crippen molar-refractivity contribution in [2.24, 2.45) is 0 Å². The first-order valence-electron chi connectivity index (χ1n) is 14.3. The molecule has 0 aliphatic heterocycles. The summed E-state index contributed by atoms with van der Waals surface area (Å²) in [7, 11) is 0. The van der Waals surface area contributed by atoms with Crippen LogP contribution in [0.5, 0.6) is 0 Å². The van der Waals surface area contributed by atoms with E-state index < -0.39 is 0 Å². The molecule has 0 N–H and O–H groups in total. The van der Waals surface area contributed by atoms with Crippen LogP contribution >= 0.6 is 0 Å². The second kappa shape index (κ2) is 11.1. The van der Waals surface area contributed by atoms with Gasteiger partial charge in [0.1, 0.15) is 0 Å². The lowest BCUT2D eigenvalue weighted by molar-refractivity contribution is 1.27. The molecule has 6 aromatic rings. The van der Waals surface area contributed by atoms with Crippen molar-refractivity contribution in [1.29, 1.82) is 0 Å². The van der Waals surface area contributed by atoms with E-state index in [-0.39, 0.29) is 0 Å². The number of hydrogen-bond acceptors (Lipinski definition) is 0. The molecule has 0 saturated heterocycles. The number of hydrogen-bond donors (Lipinski definition) is 0. The van der Waals surface area contributed by atoms with Crippen LogP contribution in [0, 0.1) is 55.4 Å². The van der Waals surface area contributed by atoms with Gasteiger partial charge in [0.2, 0.25) is 0 Å². The molecule has 0 spiro atoms. The molecule has 0 radical (unpaired) electrons. The minimum atomic E-state index is 1.30. The summed E-state index contributed by atoms with van der Waals surface area (Å²) in [5.41, 5.74) is 16.4. The fourth-order valence-electron chi connectivity index (χ4n) is 6.57. The van der Waals surface area contributed by atoms with Crippen LogP contribution in [0.1, 0.15) is 44.5 Å². The molecule has 40 heavy (non-hydrogen) atoms. The standard InChI is InChI=1S/C22H18.C18H22/c1-15-11-13-17-7-3-5-9-19(17)21(15)22-16(2)12-14-18-8-4-6-10-20(18)22;1-11-7-13(3)17(14(4)8-11)18-15(5)9-12(2)10-16(18)6/h3-14H,1-2H3;7-10H,1-6H3. The quantitative estimate of drug-likeness (QED) is 0.213. The molecule has 200 valence electrons. The summed E-state index contributed by atoms with van der Waals surface area (Å²) in [5, 5.41) is 5.27. The van der Waals surface area contributed by atoms with E-state index in [9.17, 15) is 0 Å². The Kier molecular flexibility index (Phi) is 7.63. The largest absolute Gasteiger partial charge is 0.0616 e. The summed E-state index contributed by atoms with van der Waals surface area (Å²) >= 11 is 0. The Bertz CT molecular complexity index is 1680. The molecule has 0 heteroatoms. The van der Waals surface area contributed by atoms with Crippen molar-refractivity contribution >= 4 is 21.5 Å². The van der Waals surface area contributed by atoms with Crippen LogP contribution < -0.4 is 0 Å². The van der Waals surface area contributed by atoms with Gasteiger partial charge < -0.3 is 0 Å². The van der Waals surface area contributed by atoms with Gasteiger partial charge in [-0.05, 0) is 133 Å². The first kappa shape index (κ1) is 27.4. The highest BCUT2D eigenvalue weighted by atomic mass is 14.2. The van der Waals surface area contributed by atoms with Crippen LogP contribution in [0.15, 0.2) is 97.1 Å². The van der Waals surface area contributed by atoms with E-state index in [4.69, 9.17) is 0 Å². The maximum Gasteiger partial charge on any atom is -0.00672 e. The van der Waals surface area contributed by atoms with Crippen LogP contribution in [0.25, 0.3) is 43.8 Å². The summed E-state index contributed by atoms with van der Waals surface area (Å²) in [6.07, 6.45) is 0. The molecule has 0 fully saturated rings. The molecule has 0 aromatic heterocycles. The fourth-order valence-corrected chi connectivity index (χ4v) is 6.57. The van der Waals surface area contributed by atoms with E-state index in [1.54, 1.807) is 0 Å². The fraction of sp³-hybridized carbons (Fsp3) is 0.200. The lowest BCUT2D eigenvalue weighted by Gasteiger charge is -2.17. The third kappa shape index (κ3) is 5.19. The van der Waals surface area contributed by atoms with Crippen molar-refractivity contribution in [3.05, 3.63) is 142 Å². The van der Waals surface area contributed by atoms with E-state index in [0.29, 0.717) is 0 Å². The lowest BCUT2D eigenvalue weighted by atomic mass is 9.87. The molecule has 6 aromatic carbocycles. The zero-order chi connectivity index (χ0) is 28.6. The summed E-state index contributed by atoms with van der Waals surface area (Å²) in [6.45, 7) is 17.6. The molecule has 0 aliphatic carbocycles.